The molecule has 0 saturated heterocycles. The third-order valence-corrected chi connectivity index (χ3v) is 4.64. The maximum absolute atomic E-state index is 12.5. The van der Waals surface area contributed by atoms with Crippen LogP contribution in [0.4, 0.5) is 0 Å². The van der Waals surface area contributed by atoms with Gasteiger partial charge in [0.05, 0.1) is 12.1 Å². The standard InChI is InChI=1S/C16H19BrN2O/c1-5-19-14(8-12(4)18-19)9-15(20)13-6-10(2)16(17)11(3)7-13/h6-8H,5,9H2,1-4H3. The Kier molecular flexibility index (Phi) is 4.43. The van der Waals surface area contributed by atoms with Crippen molar-refractivity contribution in [2.45, 2.75) is 40.7 Å². The molecule has 2 aromatic rings. The molecule has 0 aliphatic heterocycles. The summed E-state index contributed by atoms with van der Waals surface area (Å²) in [5.74, 6) is 0.137. The number of rotatable bonds is 4. The van der Waals surface area contributed by atoms with E-state index in [2.05, 4.69) is 21.0 Å². The highest BCUT2D eigenvalue weighted by molar-refractivity contribution is 9.10. The number of hydrogen-bond acceptors (Lipinski definition) is 2. The molecule has 0 N–H and O–H groups in total. The van der Waals surface area contributed by atoms with Crippen LogP contribution < -0.4 is 0 Å². The first-order chi connectivity index (χ1) is 9.42. The van der Waals surface area contributed by atoms with Gasteiger partial charge >= 0.3 is 0 Å². The molecule has 0 atom stereocenters. The van der Waals surface area contributed by atoms with Crippen LogP contribution in [0.5, 0.6) is 0 Å². The lowest BCUT2D eigenvalue weighted by atomic mass is 10.0. The van der Waals surface area contributed by atoms with Crippen molar-refractivity contribution in [1.82, 2.24) is 9.78 Å². The lowest BCUT2D eigenvalue weighted by Gasteiger charge is -2.08. The molecule has 106 valence electrons. The minimum Gasteiger partial charge on any atom is -0.294 e. The van der Waals surface area contributed by atoms with E-state index >= 15 is 0 Å². The first-order valence-electron chi connectivity index (χ1n) is 6.75. The van der Waals surface area contributed by atoms with Crippen molar-refractivity contribution in [2.24, 2.45) is 0 Å². The van der Waals surface area contributed by atoms with E-state index in [0.717, 1.165) is 39.1 Å². The van der Waals surface area contributed by atoms with Gasteiger partial charge in [0.25, 0.3) is 0 Å². The summed E-state index contributed by atoms with van der Waals surface area (Å²) in [6.07, 6.45) is 0.398. The van der Waals surface area contributed by atoms with Crippen molar-refractivity contribution < 1.29 is 4.79 Å². The quantitative estimate of drug-likeness (QED) is 0.791. The van der Waals surface area contributed by atoms with E-state index in [-0.39, 0.29) is 5.78 Å². The molecule has 3 nitrogen and oxygen atoms in total. The normalized spacial score (nSPS) is 10.8. The molecule has 0 aliphatic rings. The van der Waals surface area contributed by atoms with Gasteiger partial charge < -0.3 is 0 Å². The van der Waals surface area contributed by atoms with Crippen molar-refractivity contribution in [3.63, 3.8) is 0 Å². The smallest absolute Gasteiger partial charge is 0.168 e. The van der Waals surface area contributed by atoms with E-state index in [1.165, 1.54) is 0 Å². The Morgan fingerprint density at radius 1 is 1.20 bits per heavy atom. The zero-order chi connectivity index (χ0) is 14.9. The van der Waals surface area contributed by atoms with Crippen LogP contribution in [0.2, 0.25) is 0 Å². The monoisotopic (exact) mass is 334 g/mol. The molecule has 0 saturated carbocycles. The van der Waals surface area contributed by atoms with Gasteiger partial charge in [0.15, 0.2) is 5.78 Å². The zero-order valence-electron chi connectivity index (χ0n) is 12.3. The van der Waals surface area contributed by atoms with Gasteiger partial charge in [-0.05, 0) is 57.0 Å². The third-order valence-electron chi connectivity index (χ3n) is 3.39. The van der Waals surface area contributed by atoms with Gasteiger partial charge in [0.1, 0.15) is 0 Å². The molecular formula is C16H19BrN2O. The van der Waals surface area contributed by atoms with Gasteiger partial charge in [-0.25, -0.2) is 0 Å². The fourth-order valence-electron chi connectivity index (χ4n) is 2.39. The van der Waals surface area contributed by atoms with Crippen LogP contribution >= 0.6 is 15.9 Å². The average molecular weight is 335 g/mol. The zero-order valence-corrected chi connectivity index (χ0v) is 13.9. The van der Waals surface area contributed by atoms with Crippen molar-refractivity contribution in [3.8, 4) is 0 Å². The van der Waals surface area contributed by atoms with Gasteiger partial charge in [-0.15, -0.1) is 0 Å². The van der Waals surface area contributed by atoms with Crippen molar-refractivity contribution in [2.75, 3.05) is 0 Å². The molecule has 0 bridgehead atoms. The van der Waals surface area contributed by atoms with E-state index in [1.54, 1.807) is 0 Å². The second kappa shape index (κ2) is 5.92. The number of carbonyl (C=O) groups is 1. The van der Waals surface area contributed by atoms with Crippen LogP contribution in [0.1, 0.15) is 39.8 Å². The summed E-state index contributed by atoms with van der Waals surface area (Å²) in [6, 6.07) is 5.87. The molecule has 0 amide bonds. The Morgan fingerprint density at radius 2 is 1.80 bits per heavy atom. The molecule has 0 aliphatic carbocycles. The first-order valence-corrected chi connectivity index (χ1v) is 7.55. The Balaban J connectivity index is 2.28. The van der Waals surface area contributed by atoms with Crippen LogP contribution in [0.25, 0.3) is 0 Å². The van der Waals surface area contributed by atoms with E-state index in [4.69, 9.17) is 0 Å². The molecule has 1 aromatic heterocycles. The average Bonchev–Trinajstić information content (AvgIpc) is 2.75. The summed E-state index contributed by atoms with van der Waals surface area (Å²) in [7, 11) is 0. The second-order valence-electron chi connectivity index (χ2n) is 5.12. The van der Waals surface area contributed by atoms with E-state index in [1.807, 2.05) is 50.6 Å². The lowest BCUT2D eigenvalue weighted by Crippen LogP contribution is -2.10. The number of ketones is 1. The molecule has 1 heterocycles. The number of hydrogen-bond donors (Lipinski definition) is 0. The summed E-state index contributed by atoms with van der Waals surface area (Å²) < 4.78 is 2.97. The second-order valence-corrected chi connectivity index (χ2v) is 5.91. The summed E-state index contributed by atoms with van der Waals surface area (Å²) >= 11 is 3.53. The minimum atomic E-state index is 0.137. The summed E-state index contributed by atoms with van der Waals surface area (Å²) in [5.41, 5.74) is 4.89. The Morgan fingerprint density at radius 3 is 2.35 bits per heavy atom. The number of halogens is 1. The molecule has 20 heavy (non-hydrogen) atoms. The Labute approximate surface area is 128 Å². The van der Waals surface area contributed by atoms with E-state index < -0.39 is 0 Å². The van der Waals surface area contributed by atoms with Gasteiger partial charge in [0.2, 0.25) is 0 Å². The van der Waals surface area contributed by atoms with Gasteiger partial charge in [0, 0.05) is 22.3 Å². The SMILES string of the molecule is CCn1nc(C)cc1CC(=O)c1cc(C)c(Br)c(C)c1. The maximum Gasteiger partial charge on any atom is 0.168 e. The Bertz CT molecular complexity index is 635. The predicted molar refractivity (Wildman–Crippen MR) is 84.3 cm³/mol. The lowest BCUT2D eigenvalue weighted by molar-refractivity contribution is 0.0990. The number of Topliss-reactive ketones (excluding diaryl/α,β-unsaturated/α-hetero) is 1. The molecule has 0 fully saturated rings. The van der Waals surface area contributed by atoms with E-state index in [0.29, 0.717) is 6.42 Å². The third kappa shape index (κ3) is 3.01. The molecule has 4 heteroatoms. The number of nitrogens with zero attached hydrogens (tertiary/aromatic N) is 2. The summed E-state index contributed by atoms with van der Waals surface area (Å²) in [6.45, 7) is 8.79. The number of carbonyl (C=O) groups excluding carboxylic acids is 1. The maximum atomic E-state index is 12.5. The topological polar surface area (TPSA) is 34.9 Å². The molecule has 2 rings (SSSR count). The summed E-state index contributed by atoms with van der Waals surface area (Å²) in [4.78, 5) is 12.5. The van der Waals surface area contributed by atoms with E-state index in [9.17, 15) is 4.79 Å². The molecule has 0 radical (unpaired) electrons. The largest absolute Gasteiger partial charge is 0.294 e. The highest BCUT2D eigenvalue weighted by atomic mass is 79.9. The summed E-state index contributed by atoms with van der Waals surface area (Å²) in [5, 5.41) is 4.38. The Hall–Kier alpha value is -1.42. The van der Waals surface area contributed by atoms with Crippen LogP contribution in [-0.2, 0) is 13.0 Å². The van der Waals surface area contributed by atoms with Gasteiger partial charge in [-0.2, -0.15) is 5.10 Å². The predicted octanol–water partition coefficient (Wildman–Crippen LogP) is 4.02. The van der Waals surface area contributed by atoms with Crippen LogP contribution in [0, 0.1) is 20.8 Å². The molecule has 0 spiro atoms. The first kappa shape index (κ1) is 15.0. The molecule has 0 unspecified atom stereocenters. The number of aryl methyl sites for hydroxylation is 4. The highest BCUT2D eigenvalue weighted by Crippen LogP contribution is 2.23. The molecular weight excluding hydrogens is 316 g/mol. The number of aromatic nitrogens is 2. The van der Waals surface area contributed by atoms with Crippen molar-refractivity contribution >= 4 is 21.7 Å². The fraction of sp³-hybridized carbons (Fsp3) is 0.375. The molecule has 1 aromatic carbocycles. The van der Waals surface area contributed by atoms with Crippen molar-refractivity contribution in [3.05, 3.63) is 50.8 Å². The fourth-order valence-corrected chi connectivity index (χ4v) is 2.62. The highest BCUT2D eigenvalue weighted by Gasteiger charge is 2.13. The van der Waals surface area contributed by atoms with Crippen LogP contribution in [0.3, 0.4) is 0 Å². The van der Waals surface area contributed by atoms with Crippen LogP contribution in [0.15, 0.2) is 22.7 Å². The van der Waals surface area contributed by atoms with Gasteiger partial charge in [-0.1, -0.05) is 15.9 Å². The van der Waals surface area contributed by atoms with Crippen molar-refractivity contribution in [1.29, 1.82) is 0 Å². The minimum absolute atomic E-state index is 0.137. The van der Waals surface area contributed by atoms with Crippen LogP contribution in [-0.4, -0.2) is 15.6 Å². The van der Waals surface area contributed by atoms with Gasteiger partial charge in [-0.3, -0.25) is 9.48 Å². The number of benzene rings is 1.